The van der Waals surface area contributed by atoms with Crippen molar-refractivity contribution in [2.24, 2.45) is 0 Å². The zero-order chi connectivity index (χ0) is 10.4. The quantitative estimate of drug-likeness (QED) is 0.466. The Morgan fingerprint density at radius 3 is 3.13 bits per heavy atom. The van der Waals surface area contributed by atoms with E-state index >= 15 is 0 Å². The minimum atomic E-state index is 0.652. The number of halogens is 1. The predicted molar refractivity (Wildman–Crippen MR) is 77.0 cm³/mol. The monoisotopic (exact) mass is 326 g/mol. The molecule has 1 aliphatic carbocycles. The van der Waals surface area contributed by atoms with Crippen molar-refractivity contribution in [3.05, 3.63) is 40.3 Å². The molecule has 0 bridgehead atoms. The fourth-order valence-corrected chi connectivity index (χ4v) is 4.57. The van der Waals surface area contributed by atoms with Gasteiger partial charge in [-0.3, -0.25) is 0 Å². The summed E-state index contributed by atoms with van der Waals surface area (Å²) < 4.78 is 2.09. The third kappa shape index (κ3) is 1.54. The van der Waals surface area contributed by atoms with Gasteiger partial charge in [-0.1, -0.05) is 40.8 Å². The van der Waals surface area contributed by atoms with Gasteiger partial charge in [-0.2, -0.15) is 0 Å². The van der Waals surface area contributed by atoms with Crippen LogP contribution in [0.5, 0.6) is 0 Å². The Morgan fingerprint density at radius 2 is 2.27 bits per heavy atom. The fraction of sp³-hybridized carbons (Fsp3) is 0.231. The second-order valence-corrected chi connectivity index (χ2v) is 6.57. The van der Waals surface area contributed by atoms with Gasteiger partial charge in [0.2, 0.25) is 0 Å². The first-order chi connectivity index (χ1) is 7.25. The van der Waals surface area contributed by atoms with E-state index in [-0.39, 0.29) is 0 Å². The van der Waals surface area contributed by atoms with Gasteiger partial charge in [-0.25, -0.2) is 0 Å². The summed E-state index contributed by atoms with van der Waals surface area (Å²) in [5.74, 6) is 0. The van der Waals surface area contributed by atoms with E-state index in [1.165, 1.54) is 26.9 Å². The number of aryl methyl sites for hydroxylation is 1. The third-order valence-corrected chi connectivity index (χ3v) is 5.10. The molecule has 1 heterocycles. The molecule has 0 radical (unpaired) electrons. The highest BCUT2D eigenvalue weighted by Crippen LogP contribution is 2.44. The van der Waals surface area contributed by atoms with Crippen molar-refractivity contribution in [3.63, 3.8) is 0 Å². The molecule has 2 heteroatoms. The van der Waals surface area contributed by atoms with Crippen molar-refractivity contribution in [2.45, 2.75) is 17.3 Å². The number of benzene rings is 1. The Kier molecular flexibility index (Phi) is 2.36. The van der Waals surface area contributed by atoms with Crippen LogP contribution >= 0.6 is 33.9 Å². The highest BCUT2D eigenvalue weighted by Gasteiger charge is 2.19. The van der Waals surface area contributed by atoms with E-state index in [4.69, 9.17) is 0 Å². The van der Waals surface area contributed by atoms with Gasteiger partial charge in [-0.05, 0) is 42.0 Å². The van der Waals surface area contributed by atoms with E-state index in [0.29, 0.717) is 3.92 Å². The zero-order valence-corrected chi connectivity index (χ0v) is 11.4. The Labute approximate surface area is 107 Å². The third-order valence-electron chi connectivity index (χ3n) is 2.84. The topological polar surface area (TPSA) is 0 Å². The largest absolute Gasteiger partial charge is 0.136 e. The first-order valence-corrected chi connectivity index (χ1v) is 7.15. The maximum atomic E-state index is 2.56. The van der Waals surface area contributed by atoms with Crippen molar-refractivity contribution < 1.29 is 0 Å². The van der Waals surface area contributed by atoms with Gasteiger partial charge in [0.1, 0.15) is 0 Å². The molecule has 0 nitrogen and oxygen atoms in total. The Morgan fingerprint density at radius 1 is 1.40 bits per heavy atom. The summed E-state index contributed by atoms with van der Waals surface area (Å²) in [7, 11) is 0. The van der Waals surface area contributed by atoms with Crippen molar-refractivity contribution in [1.29, 1.82) is 0 Å². The smallest absolute Gasteiger partial charge is 0.0414 e. The molecule has 0 N–H and O–H groups in total. The highest BCUT2D eigenvalue weighted by molar-refractivity contribution is 14.1. The summed E-state index contributed by atoms with van der Waals surface area (Å²) in [6.07, 6.45) is 5.75. The molecule has 3 rings (SSSR count). The molecule has 0 saturated carbocycles. The number of hydrogen-bond acceptors (Lipinski definition) is 1. The van der Waals surface area contributed by atoms with Gasteiger partial charge < -0.3 is 0 Å². The number of thiophene rings is 1. The van der Waals surface area contributed by atoms with E-state index in [2.05, 4.69) is 59.9 Å². The van der Waals surface area contributed by atoms with E-state index in [9.17, 15) is 0 Å². The normalized spacial score (nSPS) is 19.5. The van der Waals surface area contributed by atoms with Crippen LogP contribution in [-0.4, -0.2) is 0 Å². The molecule has 2 aromatic rings. The maximum absolute atomic E-state index is 2.56. The molecule has 0 aliphatic heterocycles. The van der Waals surface area contributed by atoms with E-state index in [1.54, 1.807) is 5.56 Å². The molecule has 1 atom stereocenters. The van der Waals surface area contributed by atoms with Crippen LogP contribution in [0.25, 0.3) is 16.2 Å². The SMILES string of the molecule is Cc1ccc2c3c(sc2c1)C=CCC3I. The number of allylic oxidation sites excluding steroid dienone is 1. The van der Waals surface area contributed by atoms with Crippen LogP contribution in [-0.2, 0) is 0 Å². The van der Waals surface area contributed by atoms with Crippen molar-refractivity contribution >= 4 is 50.1 Å². The summed E-state index contributed by atoms with van der Waals surface area (Å²) in [6.45, 7) is 2.16. The van der Waals surface area contributed by atoms with Gasteiger partial charge in [-0.15, -0.1) is 11.3 Å². The minimum absolute atomic E-state index is 0.652. The van der Waals surface area contributed by atoms with Gasteiger partial charge in [0.25, 0.3) is 0 Å². The molecule has 1 aromatic heterocycles. The molecule has 1 aliphatic rings. The second kappa shape index (κ2) is 3.59. The molecule has 0 spiro atoms. The van der Waals surface area contributed by atoms with Crippen LogP contribution in [0, 0.1) is 6.92 Å². The summed E-state index contributed by atoms with van der Waals surface area (Å²) in [5, 5.41) is 1.46. The summed E-state index contributed by atoms with van der Waals surface area (Å²) in [5.41, 5.74) is 2.91. The van der Waals surface area contributed by atoms with Gasteiger partial charge >= 0.3 is 0 Å². The molecule has 0 amide bonds. The molecule has 1 unspecified atom stereocenters. The lowest BCUT2D eigenvalue weighted by Crippen LogP contribution is -1.92. The van der Waals surface area contributed by atoms with Gasteiger partial charge in [0.05, 0.1) is 0 Å². The van der Waals surface area contributed by atoms with Crippen LogP contribution in [0.4, 0.5) is 0 Å². The Bertz CT molecular complexity index is 551. The van der Waals surface area contributed by atoms with Crippen LogP contribution in [0.1, 0.15) is 26.3 Å². The number of rotatable bonds is 0. The van der Waals surface area contributed by atoms with Gasteiger partial charge in [0, 0.05) is 13.5 Å². The minimum Gasteiger partial charge on any atom is -0.136 e. The van der Waals surface area contributed by atoms with Crippen molar-refractivity contribution in [2.75, 3.05) is 0 Å². The van der Waals surface area contributed by atoms with E-state index < -0.39 is 0 Å². The summed E-state index contributed by atoms with van der Waals surface area (Å²) >= 11 is 4.48. The molecular formula is C13H11IS. The van der Waals surface area contributed by atoms with Crippen LogP contribution in [0.2, 0.25) is 0 Å². The average Bonchev–Trinajstić information content (AvgIpc) is 2.56. The van der Waals surface area contributed by atoms with Crippen molar-refractivity contribution in [1.82, 2.24) is 0 Å². The number of fused-ring (bicyclic) bond motifs is 3. The molecule has 0 saturated heterocycles. The number of alkyl halides is 1. The lowest BCUT2D eigenvalue weighted by atomic mass is 10.0. The first-order valence-electron chi connectivity index (χ1n) is 5.09. The van der Waals surface area contributed by atoms with E-state index in [0.717, 1.165) is 0 Å². The van der Waals surface area contributed by atoms with Crippen LogP contribution in [0.15, 0.2) is 24.3 Å². The zero-order valence-electron chi connectivity index (χ0n) is 8.46. The molecular weight excluding hydrogens is 315 g/mol. The molecule has 1 aromatic carbocycles. The van der Waals surface area contributed by atoms with Crippen LogP contribution < -0.4 is 0 Å². The molecule has 0 fully saturated rings. The standard InChI is InChI=1S/C13H11IS/c1-8-5-6-9-12(7-8)15-11-4-2-3-10(14)13(9)11/h2,4-7,10H,3H2,1H3. The summed E-state index contributed by atoms with van der Waals surface area (Å²) in [4.78, 5) is 1.46. The summed E-state index contributed by atoms with van der Waals surface area (Å²) in [6, 6.07) is 6.80. The highest BCUT2D eigenvalue weighted by atomic mass is 127. The fourth-order valence-electron chi connectivity index (χ4n) is 2.10. The molecule has 15 heavy (non-hydrogen) atoms. The second-order valence-electron chi connectivity index (χ2n) is 3.99. The van der Waals surface area contributed by atoms with Crippen LogP contribution in [0.3, 0.4) is 0 Å². The predicted octanol–water partition coefficient (Wildman–Crippen LogP) is 5.10. The lowest BCUT2D eigenvalue weighted by Gasteiger charge is -2.12. The van der Waals surface area contributed by atoms with E-state index in [1.807, 2.05) is 11.3 Å². The maximum Gasteiger partial charge on any atom is 0.0414 e. The molecule has 76 valence electrons. The first kappa shape index (κ1) is 9.85. The Hall–Kier alpha value is -0.350. The van der Waals surface area contributed by atoms with Crippen molar-refractivity contribution in [3.8, 4) is 0 Å². The Balaban J connectivity index is 2.37. The number of hydrogen-bond donors (Lipinski definition) is 0. The lowest BCUT2D eigenvalue weighted by molar-refractivity contribution is 1.01. The van der Waals surface area contributed by atoms with Gasteiger partial charge in [0.15, 0.2) is 0 Å². The average molecular weight is 326 g/mol.